The van der Waals surface area contributed by atoms with Gasteiger partial charge < -0.3 is 15.0 Å². The molecule has 0 aliphatic rings. The molecule has 2 N–H and O–H groups in total. The van der Waals surface area contributed by atoms with Crippen molar-refractivity contribution in [3.8, 4) is 17.0 Å². The Morgan fingerprint density at radius 3 is 3.00 bits per heavy atom. The Hall–Kier alpha value is -3.38. The summed E-state index contributed by atoms with van der Waals surface area (Å²) in [7, 11) is 1.64. The molecule has 0 aliphatic heterocycles. The molecule has 0 saturated heterocycles. The van der Waals surface area contributed by atoms with E-state index in [1.807, 2.05) is 48.7 Å². The van der Waals surface area contributed by atoms with Gasteiger partial charge in [0.05, 0.1) is 18.3 Å². The lowest BCUT2D eigenvalue weighted by Crippen LogP contribution is -2.23. The minimum Gasteiger partial charge on any atom is -0.495 e. The molecule has 4 rings (SSSR count). The molecule has 3 aromatic heterocycles. The lowest BCUT2D eigenvalue weighted by atomic mass is 10.1. The molecule has 1 amide bonds. The van der Waals surface area contributed by atoms with Gasteiger partial charge in [0, 0.05) is 46.4 Å². The van der Waals surface area contributed by atoms with Gasteiger partial charge in [-0.15, -0.1) is 11.3 Å². The van der Waals surface area contributed by atoms with Crippen molar-refractivity contribution in [3.63, 3.8) is 0 Å². The van der Waals surface area contributed by atoms with Crippen LogP contribution in [-0.4, -0.2) is 29.5 Å². The molecular formula is C23H21N3O2S. The lowest BCUT2D eigenvalue weighted by Gasteiger charge is -2.04. The number of hydrogen-bond acceptors (Lipinski definition) is 4. The van der Waals surface area contributed by atoms with Crippen molar-refractivity contribution in [1.29, 1.82) is 0 Å². The van der Waals surface area contributed by atoms with Gasteiger partial charge in [-0.1, -0.05) is 18.2 Å². The molecule has 0 saturated carbocycles. The summed E-state index contributed by atoms with van der Waals surface area (Å²) in [5.74, 6) is 0.671. The molecule has 0 aliphatic carbocycles. The average Bonchev–Trinajstić information content (AvgIpc) is 3.39. The van der Waals surface area contributed by atoms with Crippen molar-refractivity contribution >= 4 is 34.2 Å². The number of amides is 1. The third-order valence-corrected chi connectivity index (χ3v) is 5.66. The number of pyridine rings is 1. The number of aromatic nitrogens is 2. The number of rotatable bonds is 7. The van der Waals surface area contributed by atoms with Gasteiger partial charge in [0.1, 0.15) is 5.75 Å². The molecule has 0 unspecified atom stereocenters. The van der Waals surface area contributed by atoms with E-state index in [0.717, 1.165) is 39.9 Å². The first-order chi connectivity index (χ1) is 14.3. The van der Waals surface area contributed by atoms with Gasteiger partial charge in [-0.3, -0.25) is 9.78 Å². The van der Waals surface area contributed by atoms with E-state index < -0.39 is 0 Å². The van der Waals surface area contributed by atoms with Gasteiger partial charge in [0.15, 0.2) is 0 Å². The molecule has 0 atom stereocenters. The van der Waals surface area contributed by atoms with Gasteiger partial charge >= 0.3 is 0 Å². The van der Waals surface area contributed by atoms with Gasteiger partial charge in [-0.05, 0) is 42.1 Å². The first-order valence-electron chi connectivity index (χ1n) is 9.34. The van der Waals surface area contributed by atoms with E-state index in [0.29, 0.717) is 6.54 Å². The molecule has 29 heavy (non-hydrogen) atoms. The van der Waals surface area contributed by atoms with Crippen LogP contribution in [0.1, 0.15) is 10.4 Å². The average molecular weight is 404 g/mol. The Morgan fingerprint density at radius 2 is 2.17 bits per heavy atom. The minimum absolute atomic E-state index is 0.113. The Morgan fingerprint density at radius 1 is 1.24 bits per heavy atom. The van der Waals surface area contributed by atoms with Crippen LogP contribution < -0.4 is 10.1 Å². The van der Waals surface area contributed by atoms with Crippen LogP contribution in [-0.2, 0) is 11.2 Å². The molecule has 6 heteroatoms. The highest BCUT2D eigenvalue weighted by atomic mass is 32.1. The van der Waals surface area contributed by atoms with Crippen molar-refractivity contribution in [1.82, 2.24) is 15.3 Å². The number of nitrogens with one attached hydrogen (secondary N) is 2. The number of para-hydroxylation sites is 1. The number of H-pyrrole nitrogens is 1. The molecule has 0 spiro atoms. The van der Waals surface area contributed by atoms with Crippen LogP contribution in [0.2, 0.25) is 0 Å². The first kappa shape index (κ1) is 19.0. The summed E-state index contributed by atoms with van der Waals surface area (Å²) in [5, 5.41) is 6.04. The standard InChI is InChI=1S/C23H21N3O2S/c1-28-20-7-4-5-17-16(15-26-23(17)20)8-9-22(27)25-13-10-21-18(11-14-29-21)19-6-2-3-12-24-19/h2-9,11-12,14-15,26H,10,13H2,1H3,(H,25,27)/b9-8+. The number of aromatic amines is 1. The predicted molar refractivity (Wildman–Crippen MR) is 118 cm³/mol. The van der Waals surface area contributed by atoms with Crippen molar-refractivity contribution in [2.75, 3.05) is 13.7 Å². The largest absolute Gasteiger partial charge is 0.495 e. The van der Waals surface area contributed by atoms with E-state index in [9.17, 15) is 4.79 Å². The van der Waals surface area contributed by atoms with Crippen LogP contribution in [0.3, 0.4) is 0 Å². The first-order valence-corrected chi connectivity index (χ1v) is 10.2. The summed E-state index contributed by atoms with van der Waals surface area (Å²) in [6, 6.07) is 13.8. The number of methoxy groups -OCH3 is 1. The maximum absolute atomic E-state index is 12.2. The molecule has 4 aromatic rings. The van der Waals surface area contributed by atoms with E-state index in [1.165, 1.54) is 4.88 Å². The number of nitrogens with zero attached hydrogens (tertiary/aromatic N) is 1. The van der Waals surface area contributed by atoms with Crippen molar-refractivity contribution < 1.29 is 9.53 Å². The van der Waals surface area contributed by atoms with Crippen LogP contribution >= 0.6 is 11.3 Å². The summed E-state index contributed by atoms with van der Waals surface area (Å²) in [5.41, 5.74) is 3.97. The highest BCUT2D eigenvalue weighted by Crippen LogP contribution is 2.28. The zero-order valence-corrected chi connectivity index (χ0v) is 16.8. The van der Waals surface area contributed by atoms with Crippen LogP contribution in [0.25, 0.3) is 28.2 Å². The molecule has 0 radical (unpaired) electrons. The van der Waals surface area contributed by atoms with Crippen molar-refractivity contribution in [2.45, 2.75) is 6.42 Å². The Bertz CT molecular complexity index is 1150. The molecule has 3 heterocycles. The fourth-order valence-corrected chi connectivity index (χ4v) is 4.15. The summed E-state index contributed by atoms with van der Waals surface area (Å²) >= 11 is 1.69. The van der Waals surface area contributed by atoms with Crippen LogP contribution in [0.15, 0.2) is 66.3 Å². The normalized spacial score (nSPS) is 11.2. The topological polar surface area (TPSA) is 67.0 Å². The second kappa shape index (κ2) is 8.75. The second-order valence-corrected chi connectivity index (χ2v) is 7.47. The van der Waals surface area contributed by atoms with E-state index >= 15 is 0 Å². The predicted octanol–water partition coefficient (Wildman–Crippen LogP) is 4.67. The summed E-state index contributed by atoms with van der Waals surface area (Å²) in [4.78, 5) is 21.1. The summed E-state index contributed by atoms with van der Waals surface area (Å²) in [6.45, 7) is 0.575. The highest BCUT2D eigenvalue weighted by Gasteiger charge is 2.09. The third kappa shape index (κ3) is 4.22. The van der Waals surface area contributed by atoms with E-state index in [1.54, 1.807) is 30.7 Å². The van der Waals surface area contributed by atoms with Gasteiger partial charge in [-0.2, -0.15) is 0 Å². The molecule has 5 nitrogen and oxygen atoms in total. The molecule has 146 valence electrons. The van der Waals surface area contributed by atoms with Gasteiger partial charge in [0.2, 0.25) is 5.91 Å². The minimum atomic E-state index is -0.113. The van der Waals surface area contributed by atoms with Crippen LogP contribution in [0.5, 0.6) is 5.75 Å². The lowest BCUT2D eigenvalue weighted by molar-refractivity contribution is -0.116. The zero-order chi connectivity index (χ0) is 20.1. The fraction of sp³-hybridized carbons (Fsp3) is 0.130. The molecule has 0 bridgehead atoms. The monoisotopic (exact) mass is 403 g/mol. The Labute approximate surface area is 173 Å². The number of fused-ring (bicyclic) bond motifs is 1. The quantitative estimate of drug-likeness (QED) is 0.441. The van der Waals surface area contributed by atoms with Crippen LogP contribution in [0.4, 0.5) is 0 Å². The maximum Gasteiger partial charge on any atom is 0.244 e. The molecular weight excluding hydrogens is 382 g/mol. The van der Waals surface area contributed by atoms with Gasteiger partial charge in [0.25, 0.3) is 0 Å². The number of benzene rings is 1. The number of ether oxygens (including phenoxy) is 1. The maximum atomic E-state index is 12.2. The number of thiophene rings is 1. The summed E-state index contributed by atoms with van der Waals surface area (Å²) < 4.78 is 5.36. The van der Waals surface area contributed by atoms with E-state index in [-0.39, 0.29) is 5.91 Å². The van der Waals surface area contributed by atoms with Crippen molar-refractivity contribution in [2.24, 2.45) is 0 Å². The Kier molecular flexibility index (Phi) is 5.72. The van der Waals surface area contributed by atoms with Crippen molar-refractivity contribution in [3.05, 3.63) is 76.8 Å². The smallest absolute Gasteiger partial charge is 0.244 e. The Balaban J connectivity index is 1.36. The highest BCUT2D eigenvalue weighted by molar-refractivity contribution is 7.10. The molecule has 0 fully saturated rings. The van der Waals surface area contributed by atoms with E-state index in [4.69, 9.17) is 4.74 Å². The third-order valence-electron chi connectivity index (χ3n) is 4.68. The van der Waals surface area contributed by atoms with E-state index in [2.05, 4.69) is 26.7 Å². The second-order valence-electron chi connectivity index (χ2n) is 6.47. The summed E-state index contributed by atoms with van der Waals surface area (Å²) in [6.07, 6.45) is 7.83. The van der Waals surface area contributed by atoms with Crippen LogP contribution in [0, 0.1) is 0 Å². The number of carbonyl (C=O) groups is 1. The molecule has 1 aromatic carbocycles. The number of hydrogen-bond donors (Lipinski definition) is 2. The van der Waals surface area contributed by atoms with Gasteiger partial charge in [-0.25, -0.2) is 0 Å². The number of carbonyl (C=O) groups excluding carboxylic acids is 1. The zero-order valence-electron chi connectivity index (χ0n) is 16.0. The SMILES string of the molecule is COc1cccc2c(/C=C/C(=O)NCCc3sccc3-c3ccccn3)c[nH]c12. The fourth-order valence-electron chi connectivity index (χ4n) is 3.26.